The summed E-state index contributed by atoms with van der Waals surface area (Å²) in [6.45, 7) is -0.881. The van der Waals surface area contributed by atoms with E-state index in [9.17, 15) is 17.6 Å². The highest BCUT2D eigenvalue weighted by Gasteiger charge is 2.28. The van der Waals surface area contributed by atoms with E-state index in [0.29, 0.717) is 4.31 Å². The van der Waals surface area contributed by atoms with Crippen molar-refractivity contribution in [2.24, 2.45) is 0 Å². The van der Waals surface area contributed by atoms with E-state index in [1.807, 2.05) is 0 Å². The van der Waals surface area contributed by atoms with Gasteiger partial charge in [0.15, 0.2) is 11.6 Å². The first-order valence-corrected chi connectivity index (χ1v) is 8.89. The van der Waals surface area contributed by atoms with Crippen LogP contribution >= 0.6 is 23.2 Å². The molecule has 0 bridgehead atoms. The standard InChI is InChI=1S/C15H12Cl2FNO5S/c1-24-14-5-3-10(7-13(14)18)25(22,23)19(8-15(20)21)9-2-4-11(16)12(17)6-9/h2-7H,8H2,1H3,(H,20,21). The number of benzene rings is 2. The van der Waals surface area contributed by atoms with Gasteiger partial charge in [0.1, 0.15) is 6.54 Å². The van der Waals surface area contributed by atoms with Crippen LogP contribution in [0.15, 0.2) is 41.3 Å². The fourth-order valence-electron chi connectivity index (χ4n) is 2.01. The molecule has 0 saturated carbocycles. The molecular formula is C15H12Cl2FNO5S. The summed E-state index contributed by atoms with van der Waals surface area (Å²) in [6, 6.07) is 6.84. The molecule has 0 atom stereocenters. The second-order valence-electron chi connectivity index (χ2n) is 4.80. The van der Waals surface area contributed by atoms with E-state index in [2.05, 4.69) is 0 Å². The van der Waals surface area contributed by atoms with Crippen molar-refractivity contribution >= 4 is 44.9 Å². The van der Waals surface area contributed by atoms with E-state index >= 15 is 0 Å². The van der Waals surface area contributed by atoms with Crippen molar-refractivity contribution in [1.82, 2.24) is 0 Å². The second kappa shape index (κ2) is 7.47. The number of nitrogens with zero attached hydrogens (tertiary/aromatic N) is 1. The molecule has 0 spiro atoms. The number of aliphatic carboxylic acids is 1. The third-order valence-electron chi connectivity index (χ3n) is 3.18. The van der Waals surface area contributed by atoms with E-state index in [1.54, 1.807) is 0 Å². The Hall–Kier alpha value is -2.03. The van der Waals surface area contributed by atoms with Crippen LogP contribution in [0.4, 0.5) is 10.1 Å². The Morgan fingerprint density at radius 1 is 1.20 bits per heavy atom. The van der Waals surface area contributed by atoms with Crippen LogP contribution in [0.5, 0.6) is 5.75 Å². The zero-order valence-corrected chi connectivity index (χ0v) is 15.1. The number of hydrogen-bond donors (Lipinski definition) is 1. The van der Waals surface area contributed by atoms with Gasteiger partial charge in [-0.25, -0.2) is 12.8 Å². The summed E-state index contributed by atoms with van der Waals surface area (Å²) in [7, 11) is -3.14. The Balaban J connectivity index is 2.57. The summed E-state index contributed by atoms with van der Waals surface area (Å²) in [6.07, 6.45) is 0. The maximum atomic E-state index is 13.9. The Kier molecular flexibility index (Phi) is 5.76. The van der Waals surface area contributed by atoms with Crippen molar-refractivity contribution in [2.75, 3.05) is 18.0 Å². The molecule has 0 unspecified atom stereocenters. The summed E-state index contributed by atoms with van der Waals surface area (Å²) in [5.41, 5.74) is -0.0203. The molecule has 25 heavy (non-hydrogen) atoms. The van der Waals surface area contributed by atoms with E-state index in [-0.39, 0.29) is 21.5 Å². The van der Waals surface area contributed by atoms with E-state index in [4.69, 9.17) is 33.0 Å². The summed E-state index contributed by atoms with van der Waals surface area (Å²) >= 11 is 11.7. The number of carboxylic acid groups (broad SMARTS) is 1. The van der Waals surface area contributed by atoms with Crippen LogP contribution in [-0.4, -0.2) is 33.1 Å². The lowest BCUT2D eigenvalue weighted by Crippen LogP contribution is -2.35. The molecule has 1 N–H and O–H groups in total. The lowest BCUT2D eigenvalue weighted by atomic mass is 10.3. The Labute approximate surface area is 153 Å². The van der Waals surface area contributed by atoms with Gasteiger partial charge in [-0.05, 0) is 36.4 Å². The monoisotopic (exact) mass is 407 g/mol. The van der Waals surface area contributed by atoms with Gasteiger partial charge in [0.2, 0.25) is 0 Å². The highest BCUT2D eigenvalue weighted by atomic mass is 35.5. The third-order valence-corrected chi connectivity index (χ3v) is 5.69. The van der Waals surface area contributed by atoms with Gasteiger partial charge in [-0.15, -0.1) is 0 Å². The van der Waals surface area contributed by atoms with E-state index < -0.39 is 33.3 Å². The summed E-state index contributed by atoms with van der Waals surface area (Å²) < 4.78 is 44.8. The molecule has 0 aliphatic heterocycles. The predicted octanol–water partition coefficient (Wildman–Crippen LogP) is 3.42. The molecule has 10 heteroatoms. The van der Waals surface area contributed by atoms with E-state index in [1.165, 1.54) is 25.3 Å². The lowest BCUT2D eigenvalue weighted by molar-refractivity contribution is -0.135. The predicted molar refractivity (Wildman–Crippen MR) is 91.6 cm³/mol. The van der Waals surface area contributed by atoms with Crippen LogP contribution in [0, 0.1) is 5.82 Å². The van der Waals surface area contributed by atoms with Crippen LogP contribution in [0.1, 0.15) is 0 Å². The maximum Gasteiger partial charge on any atom is 0.324 e. The van der Waals surface area contributed by atoms with Gasteiger partial charge in [-0.1, -0.05) is 23.2 Å². The Morgan fingerprint density at radius 2 is 1.88 bits per heavy atom. The van der Waals surface area contributed by atoms with Gasteiger partial charge >= 0.3 is 5.97 Å². The first kappa shape index (κ1) is 19.3. The minimum atomic E-state index is -4.37. The van der Waals surface area contributed by atoms with Crippen LogP contribution in [0.3, 0.4) is 0 Å². The van der Waals surface area contributed by atoms with Crippen molar-refractivity contribution < 1.29 is 27.4 Å². The molecule has 0 saturated heterocycles. The van der Waals surface area contributed by atoms with Crippen molar-refractivity contribution in [3.8, 4) is 5.75 Å². The van der Waals surface area contributed by atoms with Crippen LogP contribution in [-0.2, 0) is 14.8 Å². The normalized spacial score (nSPS) is 11.2. The highest BCUT2D eigenvalue weighted by Crippen LogP contribution is 2.31. The zero-order valence-electron chi connectivity index (χ0n) is 12.7. The van der Waals surface area contributed by atoms with Gasteiger partial charge in [0, 0.05) is 0 Å². The van der Waals surface area contributed by atoms with Gasteiger partial charge < -0.3 is 9.84 Å². The van der Waals surface area contributed by atoms with Crippen LogP contribution in [0.2, 0.25) is 10.0 Å². The van der Waals surface area contributed by atoms with Crippen LogP contribution < -0.4 is 9.04 Å². The molecule has 2 rings (SSSR count). The molecule has 0 aromatic heterocycles. The summed E-state index contributed by atoms with van der Waals surface area (Å²) in [4.78, 5) is 10.7. The lowest BCUT2D eigenvalue weighted by Gasteiger charge is -2.23. The molecule has 0 radical (unpaired) electrons. The highest BCUT2D eigenvalue weighted by molar-refractivity contribution is 7.92. The quantitative estimate of drug-likeness (QED) is 0.792. The molecule has 0 amide bonds. The molecule has 2 aromatic rings. The number of ether oxygens (including phenoxy) is 1. The minimum Gasteiger partial charge on any atom is -0.494 e. The number of hydrogen-bond acceptors (Lipinski definition) is 4. The topological polar surface area (TPSA) is 83.9 Å². The van der Waals surface area contributed by atoms with Gasteiger partial charge in [-0.3, -0.25) is 9.10 Å². The first-order valence-electron chi connectivity index (χ1n) is 6.70. The average molecular weight is 408 g/mol. The number of methoxy groups -OCH3 is 1. The fraction of sp³-hybridized carbons (Fsp3) is 0.133. The maximum absolute atomic E-state index is 13.9. The Morgan fingerprint density at radius 3 is 2.40 bits per heavy atom. The molecule has 134 valence electrons. The smallest absolute Gasteiger partial charge is 0.324 e. The molecule has 6 nitrogen and oxygen atoms in total. The van der Waals surface area contributed by atoms with Crippen molar-refractivity contribution in [3.05, 3.63) is 52.3 Å². The number of anilines is 1. The van der Waals surface area contributed by atoms with Crippen LogP contribution in [0.25, 0.3) is 0 Å². The average Bonchev–Trinajstić information content (AvgIpc) is 2.55. The Bertz CT molecular complexity index is 920. The fourth-order valence-corrected chi connectivity index (χ4v) is 3.72. The summed E-state index contributed by atoms with van der Waals surface area (Å²) in [5, 5.41) is 9.28. The van der Waals surface area contributed by atoms with E-state index in [0.717, 1.165) is 18.2 Å². The largest absolute Gasteiger partial charge is 0.494 e. The van der Waals surface area contributed by atoms with Crippen molar-refractivity contribution in [1.29, 1.82) is 0 Å². The number of sulfonamides is 1. The number of carbonyl (C=O) groups is 1. The SMILES string of the molecule is COc1ccc(S(=O)(=O)N(CC(=O)O)c2ccc(Cl)c(Cl)c2)cc1F. The number of rotatable bonds is 6. The van der Waals surface area contributed by atoms with Gasteiger partial charge in [-0.2, -0.15) is 0 Å². The van der Waals surface area contributed by atoms with Crippen molar-refractivity contribution in [3.63, 3.8) is 0 Å². The molecule has 0 aliphatic rings. The molecule has 0 aliphatic carbocycles. The van der Waals surface area contributed by atoms with Gasteiger partial charge in [0.25, 0.3) is 10.0 Å². The molecule has 2 aromatic carbocycles. The molecule has 0 heterocycles. The first-order chi connectivity index (χ1) is 11.7. The summed E-state index contributed by atoms with van der Waals surface area (Å²) in [5.74, 6) is -2.44. The third kappa shape index (κ3) is 4.15. The van der Waals surface area contributed by atoms with Gasteiger partial charge in [0.05, 0.1) is 27.7 Å². The molecular weight excluding hydrogens is 396 g/mol. The zero-order chi connectivity index (χ0) is 18.8. The van der Waals surface area contributed by atoms with Crippen molar-refractivity contribution in [2.45, 2.75) is 4.90 Å². The number of carboxylic acids is 1. The second-order valence-corrected chi connectivity index (χ2v) is 7.48. The molecule has 0 fully saturated rings. The number of halogens is 3. The minimum absolute atomic E-state index is 0.0203.